The molecule has 3 aromatic rings. The van der Waals surface area contributed by atoms with Crippen LogP contribution in [0.1, 0.15) is 52.3 Å². The second-order valence-electron chi connectivity index (χ2n) is 9.91. The monoisotopic (exact) mass is 483 g/mol. The number of aliphatic hydroxyl groups excluding tert-OH is 1. The Hall–Kier alpha value is -2.74. The number of para-hydroxylation sites is 2. The maximum absolute atomic E-state index is 14.5. The van der Waals surface area contributed by atoms with Gasteiger partial charge in [0.25, 0.3) is 0 Å². The zero-order chi connectivity index (χ0) is 25.6. The molecule has 1 aromatic heterocycles. The van der Waals surface area contributed by atoms with Crippen molar-refractivity contribution >= 4 is 0 Å². The summed E-state index contributed by atoms with van der Waals surface area (Å²) in [6.45, 7) is 13.3. The van der Waals surface area contributed by atoms with Crippen molar-refractivity contribution < 1.29 is 19.0 Å². The van der Waals surface area contributed by atoms with Crippen LogP contribution in [0.25, 0.3) is 5.69 Å². The Bertz CT molecular complexity index is 1080. The van der Waals surface area contributed by atoms with Crippen LogP contribution in [0.4, 0.5) is 4.39 Å². The summed E-state index contributed by atoms with van der Waals surface area (Å²) in [6.07, 6.45) is 0.256. The number of ether oxygens (including phenoxy) is 2. The predicted molar refractivity (Wildman–Crippen MR) is 137 cm³/mol. The fraction of sp³-hybridized carbons (Fsp3) is 0.464. The molecule has 2 aromatic carbocycles. The zero-order valence-corrected chi connectivity index (χ0v) is 21.7. The molecular formula is C28H38FN3O3. The molecule has 6 nitrogen and oxygen atoms in total. The van der Waals surface area contributed by atoms with Crippen molar-refractivity contribution in [3.63, 3.8) is 0 Å². The van der Waals surface area contributed by atoms with Gasteiger partial charge in [-0.15, -0.1) is 0 Å². The van der Waals surface area contributed by atoms with E-state index in [2.05, 4.69) is 18.7 Å². The summed E-state index contributed by atoms with van der Waals surface area (Å²) >= 11 is 0. The van der Waals surface area contributed by atoms with E-state index in [0.29, 0.717) is 19.0 Å². The Morgan fingerprint density at radius 3 is 2.37 bits per heavy atom. The Morgan fingerprint density at radius 2 is 1.74 bits per heavy atom. The molecular weight excluding hydrogens is 445 g/mol. The van der Waals surface area contributed by atoms with Crippen molar-refractivity contribution in [1.82, 2.24) is 14.7 Å². The van der Waals surface area contributed by atoms with Crippen molar-refractivity contribution in [3.05, 3.63) is 71.7 Å². The van der Waals surface area contributed by atoms with E-state index in [1.165, 1.54) is 6.07 Å². The van der Waals surface area contributed by atoms with E-state index in [4.69, 9.17) is 14.6 Å². The molecule has 0 saturated carbocycles. The summed E-state index contributed by atoms with van der Waals surface area (Å²) in [4.78, 5) is 2.20. The quantitative estimate of drug-likeness (QED) is 0.369. The van der Waals surface area contributed by atoms with Crippen LogP contribution in [0.15, 0.2) is 54.6 Å². The minimum absolute atomic E-state index is 0.138. The largest absolute Gasteiger partial charge is 0.435 e. The van der Waals surface area contributed by atoms with Gasteiger partial charge in [-0.2, -0.15) is 5.10 Å². The van der Waals surface area contributed by atoms with Crippen molar-refractivity contribution in [2.24, 2.45) is 0 Å². The molecule has 0 saturated heterocycles. The minimum atomic E-state index is -0.649. The highest BCUT2D eigenvalue weighted by atomic mass is 19.1. The van der Waals surface area contributed by atoms with E-state index < -0.39 is 11.9 Å². The molecule has 0 unspecified atom stereocenters. The third-order valence-corrected chi connectivity index (χ3v) is 5.91. The van der Waals surface area contributed by atoms with Gasteiger partial charge in [-0.25, -0.2) is 9.07 Å². The number of aromatic nitrogens is 2. The van der Waals surface area contributed by atoms with E-state index in [0.717, 1.165) is 23.4 Å². The maximum atomic E-state index is 14.5. The zero-order valence-electron chi connectivity index (χ0n) is 21.7. The lowest BCUT2D eigenvalue weighted by molar-refractivity contribution is -0.0593. The molecule has 1 heterocycles. The molecule has 190 valence electrons. The van der Waals surface area contributed by atoms with Gasteiger partial charge < -0.3 is 14.6 Å². The first-order valence-corrected chi connectivity index (χ1v) is 12.2. The summed E-state index contributed by atoms with van der Waals surface area (Å²) in [5, 5.41) is 15.5. The highest BCUT2D eigenvalue weighted by Crippen LogP contribution is 2.33. The topological polar surface area (TPSA) is 59.8 Å². The number of hydrogen-bond acceptors (Lipinski definition) is 5. The van der Waals surface area contributed by atoms with Gasteiger partial charge in [-0.3, -0.25) is 4.90 Å². The van der Waals surface area contributed by atoms with E-state index >= 15 is 0 Å². The standard InChI is InChI=1S/C28H38FN3O3/c1-7-20(2)31(17-23(33)19-34-28(4,5)6)18-24-21(3)30-32(22-13-9-8-10-14-22)27(24)35-26-16-12-11-15-25(26)29/h8-16,20,23,33H,7,17-19H2,1-6H3/t20-,23+/m1/s1. The molecule has 0 spiro atoms. The van der Waals surface area contributed by atoms with Crippen LogP contribution >= 0.6 is 0 Å². The highest BCUT2D eigenvalue weighted by molar-refractivity contribution is 5.43. The van der Waals surface area contributed by atoms with E-state index in [1.807, 2.05) is 58.0 Å². The second kappa shape index (κ2) is 11.8. The van der Waals surface area contributed by atoms with Gasteiger partial charge >= 0.3 is 0 Å². The smallest absolute Gasteiger partial charge is 0.227 e. The Balaban J connectivity index is 1.96. The van der Waals surface area contributed by atoms with Gasteiger partial charge in [0, 0.05) is 19.1 Å². The van der Waals surface area contributed by atoms with Gasteiger partial charge in [0.2, 0.25) is 5.88 Å². The third kappa shape index (κ3) is 7.37. The first kappa shape index (κ1) is 26.9. The van der Waals surface area contributed by atoms with Crippen molar-refractivity contribution in [3.8, 4) is 17.3 Å². The van der Waals surface area contributed by atoms with Gasteiger partial charge in [-0.1, -0.05) is 37.3 Å². The molecule has 1 N–H and O–H groups in total. The second-order valence-corrected chi connectivity index (χ2v) is 9.91. The van der Waals surface area contributed by atoms with Gasteiger partial charge in [0.05, 0.1) is 35.3 Å². The predicted octanol–water partition coefficient (Wildman–Crippen LogP) is 5.89. The number of halogens is 1. The minimum Gasteiger partial charge on any atom is -0.435 e. The summed E-state index contributed by atoms with van der Waals surface area (Å²) in [5.74, 6) is 0.164. The normalized spacial score (nSPS) is 13.7. The first-order valence-electron chi connectivity index (χ1n) is 12.2. The molecule has 0 aliphatic rings. The molecule has 0 aliphatic heterocycles. The van der Waals surface area contributed by atoms with Crippen LogP contribution in [-0.4, -0.2) is 50.7 Å². The van der Waals surface area contributed by atoms with E-state index in [-0.39, 0.29) is 24.0 Å². The molecule has 0 radical (unpaired) electrons. The van der Waals surface area contributed by atoms with Crippen LogP contribution in [0.5, 0.6) is 11.6 Å². The van der Waals surface area contributed by atoms with Gasteiger partial charge in [0.1, 0.15) is 0 Å². The molecule has 0 fully saturated rings. The Kier molecular flexibility index (Phi) is 9.05. The average Bonchev–Trinajstić information content (AvgIpc) is 3.13. The summed E-state index contributed by atoms with van der Waals surface area (Å²) in [5.41, 5.74) is 2.13. The molecule has 35 heavy (non-hydrogen) atoms. The first-order chi connectivity index (χ1) is 16.6. The van der Waals surface area contributed by atoms with Gasteiger partial charge in [0.15, 0.2) is 11.6 Å². The fourth-order valence-corrected chi connectivity index (χ4v) is 3.73. The fourth-order valence-electron chi connectivity index (χ4n) is 3.73. The van der Waals surface area contributed by atoms with Crippen LogP contribution in [0.3, 0.4) is 0 Å². The molecule has 0 amide bonds. The summed E-state index contributed by atoms with van der Waals surface area (Å²) in [6, 6.07) is 16.2. The van der Waals surface area contributed by atoms with Crippen LogP contribution in [0, 0.1) is 12.7 Å². The van der Waals surface area contributed by atoms with Crippen molar-refractivity contribution in [2.75, 3.05) is 13.2 Å². The number of rotatable bonds is 11. The van der Waals surface area contributed by atoms with Gasteiger partial charge in [-0.05, 0) is 65.3 Å². The van der Waals surface area contributed by atoms with Crippen molar-refractivity contribution in [2.45, 2.75) is 72.3 Å². The van der Waals surface area contributed by atoms with Crippen LogP contribution < -0.4 is 4.74 Å². The highest BCUT2D eigenvalue weighted by Gasteiger charge is 2.25. The lowest BCUT2D eigenvalue weighted by Gasteiger charge is -2.31. The summed E-state index contributed by atoms with van der Waals surface area (Å²) in [7, 11) is 0. The maximum Gasteiger partial charge on any atom is 0.227 e. The SMILES string of the molecule is CC[C@@H](C)N(Cc1c(C)nn(-c2ccccc2)c1Oc1ccccc1F)C[C@H](O)COC(C)(C)C. The number of aliphatic hydroxyl groups is 1. The molecule has 7 heteroatoms. The average molecular weight is 484 g/mol. The molecule has 3 rings (SSSR count). The lowest BCUT2D eigenvalue weighted by Crippen LogP contribution is -2.41. The van der Waals surface area contributed by atoms with Crippen molar-refractivity contribution in [1.29, 1.82) is 0 Å². The van der Waals surface area contributed by atoms with Crippen LogP contribution in [0.2, 0.25) is 0 Å². The molecule has 2 atom stereocenters. The molecule has 0 bridgehead atoms. The van der Waals surface area contributed by atoms with E-state index in [1.54, 1.807) is 22.9 Å². The number of benzene rings is 2. The number of aryl methyl sites for hydroxylation is 1. The number of nitrogens with zero attached hydrogens (tertiary/aromatic N) is 3. The Morgan fingerprint density at radius 1 is 1.09 bits per heavy atom. The number of hydrogen-bond donors (Lipinski definition) is 1. The molecule has 0 aliphatic carbocycles. The summed E-state index contributed by atoms with van der Waals surface area (Å²) < 4.78 is 28.2. The Labute approximate surface area is 208 Å². The van der Waals surface area contributed by atoms with E-state index in [9.17, 15) is 9.50 Å². The third-order valence-electron chi connectivity index (χ3n) is 5.91. The lowest BCUT2D eigenvalue weighted by atomic mass is 10.1. The van der Waals surface area contributed by atoms with Crippen LogP contribution in [-0.2, 0) is 11.3 Å².